The molecule has 0 saturated carbocycles. The Hall–Kier alpha value is -1.81. The van der Waals surface area contributed by atoms with Crippen molar-refractivity contribution in [3.05, 3.63) is 65.7 Å². The number of alkyl halides is 1. The molecule has 1 N–H and O–H groups in total. The molecule has 104 valence electrons. The SMILES string of the molecule is COc1cccc(C(Br)C(=O)NCc2ccccc2)c1. The molecule has 2 aromatic rings. The lowest BCUT2D eigenvalue weighted by molar-refractivity contribution is -0.120. The minimum absolute atomic E-state index is 0.0675. The highest BCUT2D eigenvalue weighted by molar-refractivity contribution is 9.09. The van der Waals surface area contributed by atoms with Crippen LogP contribution in [0.5, 0.6) is 5.75 Å². The van der Waals surface area contributed by atoms with Crippen molar-refractivity contribution >= 4 is 21.8 Å². The highest BCUT2D eigenvalue weighted by atomic mass is 79.9. The van der Waals surface area contributed by atoms with Crippen molar-refractivity contribution in [1.29, 1.82) is 0 Å². The van der Waals surface area contributed by atoms with Gasteiger partial charge in [0.1, 0.15) is 10.6 Å². The van der Waals surface area contributed by atoms with E-state index in [1.165, 1.54) is 0 Å². The number of carbonyl (C=O) groups is 1. The second-order valence-electron chi connectivity index (χ2n) is 4.34. The molecule has 0 heterocycles. The van der Waals surface area contributed by atoms with Gasteiger partial charge < -0.3 is 10.1 Å². The standard InChI is InChI=1S/C16H16BrNO2/c1-20-14-9-5-8-13(10-14)15(17)16(19)18-11-12-6-3-2-4-7-12/h2-10,15H,11H2,1H3,(H,18,19). The highest BCUT2D eigenvalue weighted by Gasteiger charge is 2.17. The third-order valence-electron chi connectivity index (χ3n) is 2.93. The average Bonchev–Trinajstić information content (AvgIpc) is 2.53. The minimum atomic E-state index is -0.388. The van der Waals surface area contributed by atoms with Crippen LogP contribution in [0.3, 0.4) is 0 Å². The number of carbonyl (C=O) groups excluding carboxylic acids is 1. The van der Waals surface area contributed by atoms with E-state index in [-0.39, 0.29) is 10.7 Å². The van der Waals surface area contributed by atoms with Gasteiger partial charge in [-0.15, -0.1) is 0 Å². The quantitative estimate of drug-likeness (QED) is 0.851. The lowest BCUT2D eigenvalue weighted by Gasteiger charge is -2.12. The molecule has 0 aliphatic carbocycles. The van der Waals surface area contributed by atoms with Gasteiger partial charge in [0, 0.05) is 6.54 Å². The molecule has 2 aromatic carbocycles. The largest absolute Gasteiger partial charge is 0.497 e. The van der Waals surface area contributed by atoms with E-state index < -0.39 is 0 Å². The molecule has 4 heteroatoms. The molecule has 0 spiro atoms. The molecule has 0 aliphatic heterocycles. The van der Waals surface area contributed by atoms with Crippen LogP contribution in [0.2, 0.25) is 0 Å². The maximum atomic E-state index is 12.1. The van der Waals surface area contributed by atoms with Gasteiger partial charge in [0.25, 0.3) is 0 Å². The Morgan fingerprint density at radius 1 is 1.20 bits per heavy atom. The van der Waals surface area contributed by atoms with E-state index in [4.69, 9.17) is 4.74 Å². The molecule has 1 amide bonds. The first-order valence-corrected chi connectivity index (χ1v) is 7.22. The first-order valence-electron chi connectivity index (χ1n) is 6.30. The summed E-state index contributed by atoms with van der Waals surface area (Å²) in [6.07, 6.45) is 0. The molecule has 0 bridgehead atoms. The lowest BCUT2D eigenvalue weighted by Crippen LogP contribution is -2.26. The molecule has 0 aromatic heterocycles. The topological polar surface area (TPSA) is 38.3 Å². The number of hydrogen-bond donors (Lipinski definition) is 1. The van der Waals surface area contributed by atoms with Gasteiger partial charge in [-0.05, 0) is 23.3 Å². The summed E-state index contributed by atoms with van der Waals surface area (Å²) in [5, 5.41) is 2.91. The maximum absolute atomic E-state index is 12.1. The number of halogens is 1. The second kappa shape index (κ2) is 7.10. The molecule has 20 heavy (non-hydrogen) atoms. The summed E-state index contributed by atoms with van der Waals surface area (Å²) < 4.78 is 5.16. The third-order valence-corrected chi connectivity index (χ3v) is 3.87. The van der Waals surface area contributed by atoms with E-state index in [9.17, 15) is 4.79 Å². The van der Waals surface area contributed by atoms with Crippen LogP contribution in [0.4, 0.5) is 0 Å². The van der Waals surface area contributed by atoms with Crippen LogP contribution in [0, 0.1) is 0 Å². The summed E-state index contributed by atoms with van der Waals surface area (Å²) in [5.74, 6) is 0.671. The predicted octanol–water partition coefficient (Wildman–Crippen LogP) is 3.45. The van der Waals surface area contributed by atoms with Gasteiger partial charge in [-0.25, -0.2) is 0 Å². The van der Waals surface area contributed by atoms with Crippen LogP contribution in [-0.4, -0.2) is 13.0 Å². The van der Waals surface area contributed by atoms with Crippen LogP contribution in [-0.2, 0) is 11.3 Å². The summed E-state index contributed by atoms with van der Waals surface area (Å²) in [6.45, 7) is 0.520. The number of hydrogen-bond acceptors (Lipinski definition) is 2. The van der Waals surface area contributed by atoms with E-state index >= 15 is 0 Å². The van der Waals surface area contributed by atoms with Crippen molar-refractivity contribution in [2.24, 2.45) is 0 Å². The summed E-state index contributed by atoms with van der Waals surface area (Å²) in [4.78, 5) is 11.7. The maximum Gasteiger partial charge on any atom is 0.238 e. The number of ether oxygens (including phenoxy) is 1. The summed E-state index contributed by atoms with van der Waals surface area (Å²) in [7, 11) is 1.61. The van der Waals surface area contributed by atoms with Crippen molar-refractivity contribution in [1.82, 2.24) is 5.32 Å². The smallest absolute Gasteiger partial charge is 0.238 e. The summed E-state index contributed by atoms with van der Waals surface area (Å²) in [6, 6.07) is 17.3. The molecular formula is C16H16BrNO2. The number of amides is 1. The van der Waals surface area contributed by atoms with Gasteiger partial charge in [-0.1, -0.05) is 58.4 Å². The number of nitrogens with one attached hydrogen (secondary N) is 1. The normalized spacial score (nSPS) is 11.7. The zero-order valence-electron chi connectivity index (χ0n) is 11.2. The Balaban J connectivity index is 1.98. The lowest BCUT2D eigenvalue weighted by atomic mass is 10.1. The van der Waals surface area contributed by atoms with Crippen LogP contribution < -0.4 is 10.1 Å². The fourth-order valence-corrected chi connectivity index (χ4v) is 2.27. The Morgan fingerprint density at radius 2 is 1.95 bits per heavy atom. The summed E-state index contributed by atoms with van der Waals surface area (Å²) in [5.41, 5.74) is 1.95. The van der Waals surface area contributed by atoms with Gasteiger partial charge in [-0.3, -0.25) is 4.79 Å². The van der Waals surface area contributed by atoms with Crippen LogP contribution >= 0.6 is 15.9 Å². The zero-order chi connectivity index (χ0) is 14.4. The Kier molecular flexibility index (Phi) is 5.18. The Bertz CT molecular complexity index is 572. The van der Waals surface area contributed by atoms with Gasteiger partial charge >= 0.3 is 0 Å². The molecule has 0 fully saturated rings. The van der Waals surface area contributed by atoms with Crippen molar-refractivity contribution in [3.63, 3.8) is 0 Å². The van der Waals surface area contributed by atoms with Crippen molar-refractivity contribution in [3.8, 4) is 5.75 Å². The molecule has 2 rings (SSSR count). The van der Waals surface area contributed by atoms with Crippen LogP contribution in [0.1, 0.15) is 16.0 Å². The monoisotopic (exact) mass is 333 g/mol. The fourth-order valence-electron chi connectivity index (χ4n) is 1.83. The molecule has 3 nitrogen and oxygen atoms in total. The second-order valence-corrected chi connectivity index (χ2v) is 5.26. The Labute approximate surface area is 127 Å². The molecule has 0 radical (unpaired) electrons. The summed E-state index contributed by atoms with van der Waals surface area (Å²) >= 11 is 3.42. The van der Waals surface area contributed by atoms with Crippen LogP contribution in [0.25, 0.3) is 0 Å². The zero-order valence-corrected chi connectivity index (χ0v) is 12.8. The first-order chi connectivity index (χ1) is 9.70. The molecule has 0 saturated heterocycles. The van der Waals surface area contributed by atoms with Gasteiger partial charge in [0.2, 0.25) is 5.91 Å². The van der Waals surface area contributed by atoms with Crippen molar-refractivity contribution < 1.29 is 9.53 Å². The van der Waals surface area contributed by atoms with E-state index in [1.807, 2.05) is 54.6 Å². The molecule has 1 atom stereocenters. The fraction of sp³-hybridized carbons (Fsp3) is 0.188. The third kappa shape index (κ3) is 3.84. The van der Waals surface area contributed by atoms with Gasteiger partial charge in [-0.2, -0.15) is 0 Å². The van der Waals surface area contributed by atoms with Crippen molar-refractivity contribution in [2.75, 3.05) is 7.11 Å². The minimum Gasteiger partial charge on any atom is -0.497 e. The van der Waals surface area contributed by atoms with E-state index in [2.05, 4.69) is 21.2 Å². The van der Waals surface area contributed by atoms with Gasteiger partial charge in [0.05, 0.1) is 7.11 Å². The number of benzene rings is 2. The average molecular weight is 334 g/mol. The van der Waals surface area contributed by atoms with E-state index in [1.54, 1.807) is 7.11 Å². The van der Waals surface area contributed by atoms with Gasteiger partial charge in [0.15, 0.2) is 0 Å². The molecular weight excluding hydrogens is 318 g/mol. The van der Waals surface area contributed by atoms with Crippen LogP contribution in [0.15, 0.2) is 54.6 Å². The molecule has 0 aliphatic rings. The van der Waals surface area contributed by atoms with E-state index in [0.29, 0.717) is 6.54 Å². The highest BCUT2D eigenvalue weighted by Crippen LogP contribution is 2.26. The van der Waals surface area contributed by atoms with E-state index in [0.717, 1.165) is 16.9 Å². The number of methoxy groups -OCH3 is 1. The first kappa shape index (κ1) is 14.6. The number of rotatable bonds is 5. The predicted molar refractivity (Wildman–Crippen MR) is 83.0 cm³/mol. The Morgan fingerprint density at radius 3 is 2.65 bits per heavy atom. The van der Waals surface area contributed by atoms with Crippen molar-refractivity contribution in [2.45, 2.75) is 11.4 Å². The molecule has 1 unspecified atom stereocenters.